The molecule has 0 aliphatic rings. The molecule has 0 radical (unpaired) electrons. The van der Waals surface area contributed by atoms with E-state index in [0.717, 1.165) is 13.2 Å². The summed E-state index contributed by atoms with van der Waals surface area (Å²) in [6.45, 7) is 0. The van der Waals surface area contributed by atoms with Crippen LogP contribution in [0, 0.1) is 10.1 Å². The van der Waals surface area contributed by atoms with Crippen LogP contribution in [-0.2, 0) is 9.53 Å². The quantitative estimate of drug-likeness (QED) is 0.372. The van der Waals surface area contributed by atoms with Crippen molar-refractivity contribution in [2.45, 2.75) is 6.18 Å². The highest BCUT2D eigenvalue weighted by molar-refractivity contribution is 7.22. The Balaban J connectivity index is 2.51. The van der Waals surface area contributed by atoms with E-state index in [1.54, 1.807) is 0 Å². The molecule has 22 heavy (non-hydrogen) atoms. The summed E-state index contributed by atoms with van der Waals surface area (Å²) >= 11 is 0.690. The number of ether oxygens (including phenoxy) is 1. The molecule has 0 bridgehead atoms. The lowest BCUT2D eigenvalue weighted by atomic mass is 10.3. The van der Waals surface area contributed by atoms with E-state index in [1.807, 2.05) is 0 Å². The molecule has 116 valence electrons. The van der Waals surface area contributed by atoms with E-state index in [4.69, 9.17) is 0 Å². The third kappa shape index (κ3) is 3.19. The minimum absolute atomic E-state index is 0.226. The number of alkyl halides is 3. The van der Waals surface area contributed by atoms with Crippen LogP contribution in [-0.4, -0.2) is 34.9 Å². The molecule has 0 aliphatic carbocycles. The van der Waals surface area contributed by atoms with Gasteiger partial charge >= 0.3 is 12.1 Å². The first-order chi connectivity index (χ1) is 10.2. The van der Waals surface area contributed by atoms with Gasteiger partial charge in [0.05, 0.1) is 22.2 Å². The van der Waals surface area contributed by atoms with Gasteiger partial charge in [-0.1, -0.05) is 11.3 Å². The highest BCUT2D eigenvalue weighted by atomic mass is 32.1. The molecule has 2 aromatic rings. The normalized spacial score (nSPS) is 12.5. The van der Waals surface area contributed by atoms with Gasteiger partial charge in [-0.3, -0.25) is 10.1 Å². The van der Waals surface area contributed by atoms with Gasteiger partial charge in [-0.15, -0.1) is 0 Å². The van der Waals surface area contributed by atoms with E-state index in [1.165, 1.54) is 12.1 Å². The predicted octanol–water partition coefficient (Wildman–Crippen LogP) is 3.01. The number of non-ortho nitro benzene ring substituents is 1. The van der Waals surface area contributed by atoms with Gasteiger partial charge in [0.1, 0.15) is 0 Å². The number of carbonyl (C=O) groups is 1. The maximum Gasteiger partial charge on any atom is 0.440 e. The molecule has 0 atom stereocenters. The maximum atomic E-state index is 12.7. The summed E-state index contributed by atoms with van der Waals surface area (Å²) in [7, 11) is 0.797. The number of aliphatic imine (C=N–C) groups is 1. The Kier molecular flexibility index (Phi) is 4.08. The van der Waals surface area contributed by atoms with Crippen LogP contribution in [0.15, 0.2) is 23.2 Å². The number of methoxy groups -OCH3 is 1. The molecule has 1 aromatic heterocycles. The summed E-state index contributed by atoms with van der Waals surface area (Å²) in [4.78, 5) is 28.1. The average Bonchev–Trinajstić information content (AvgIpc) is 2.84. The molecule has 0 unspecified atom stereocenters. The number of rotatable bonds is 3. The Bertz CT molecular complexity index is 784. The Labute approximate surface area is 124 Å². The third-order valence-electron chi connectivity index (χ3n) is 2.43. The van der Waals surface area contributed by atoms with Crippen LogP contribution in [0.3, 0.4) is 0 Å². The van der Waals surface area contributed by atoms with E-state index in [9.17, 15) is 28.1 Å². The van der Waals surface area contributed by atoms with Crippen LogP contribution in [0.1, 0.15) is 0 Å². The monoisotopic (exact) mass is 333 g/mol. The summed E-state index contributed by atoms with van der Waals surface area (Å²) in [6, 6.07) is 3.62. The fourth-order valence-corrected chi connectivity index (χ4v) is 2.36. The smallest absolute Gasteiger partial charge is 0.440 e. The average molecular weight is 333 g/mol. The summed E-state index contributed by atoms with van der Waals surface area (Å²) < 4.78 is 42.5. The molecule has 0 amide bonds. The van der Waals surface area contributed by atoms with Gasteiger partial charge in [0.2, 0.25) is 10.8 Å². The van der Waals surface area contributed by atoms with Crippen molar-refractivity contribution in [1.82, 2.24) is 4.98 Å². The molecular formula is C11H6F3N3O4S. The van der Waals surface area contributed by atoms with E-state index in [2.05, 4.69) is 14.7 Å². The number of nitro groups is 1. The van der Waals surface area contributed by atoms with Crippen molar-refractivity contribution >= 4 is 44.1 Å². The van der Waals surface area contributed by atoms with Gasteiger partial charge < -0.3 is 4.74 Å². The summed E-state index contributed by atoms with van der Waals surface area (Å²) in [5, 5.41) is 10.3. The lowest BCUT2D eigenvalue weighted by Crippen LogP contribution is -2.31. The Morgan fingerprint density at radius 1 is 1.45 bits per heavy atom. The number of halogens is 3. The third-order valence-corrected chi connectivity index (χ3v) is 3.34. The lowest BCUT2D eigenvalue weighted by Gasteiger charge is -2.06. The van der Waals surface area contributed by atoms with Crippen LogP contribution in [0.2, 0.25) is 0 Å². The zero-order valence-corrected chi connectivity index (χ0v) is 11.6. The molecule has 0 saturated heterocycles. The van der Waals surface area contributed by atoms with Crippen LogP contribution in [0.4, 0.5) is 24.0 Å². The first kappa shape index (κ1) is 15.8. The Morgan fingerprint density at radius 2 is 2.14 bits per heavy atom. The van der Waals surface area contributed by atoms with E-state index >= 15 is 0 Å². The number of carbonyl (C=O) groups excluding carboxylic acids is 1. The summed E-state index contributed by atoms with van der Waals surface area (Å²) in [5.74, 6) is -1.64. The van der Waals surface area contributed by atoms with Gasteiger partial charge in [-0.25, -0.2) is 14.8 Å². The number of aromatic nitrogens is 1. The van der Waals surface area contributed by atoms with Gasteiger partial charge in [0.25, 0.3) is 5.69 Å². The van der Waals surface area contributed by atoms with Crippen LogP contribution < -0.4 is 0 Å². The highest BCUT2D eigenvalue weighted by Gasteiger charge is 2.42. The largest absolute Gasteiger partial charge is 0.464 e. The van der Waals surface area contributed by atoms with Crippen molar-refractivity contribution in [3.8, 4) is 0 Å². The van der Waals surface area contributed by atoms with E-state index in [0.29, 0.717) is 11.3 Å². The van der Waals surface area contributed by atoms with Gasteiger partial charge in [0, 0.05) is 12.1 Å². The van der Waals surface area contributed by atoms with Crippen molar-refractivity contribution in [2.75, 3.05) is 7.11 Å². The molecule has 2 rings (SSSR count). The zero-order chi connectivity index (χ0) is 16.5. The zero-order valence-electron chi connectivity index (χ0n) is 10.7. The molecule has 0 aliphatic heterocycles. The topological polar surface area (TPSA) is 94.7 Å². The maximum absolute atomic E-state index is 12.7. The first-order valence-corrected chi connectivity index (χ1v) is 6.33. The standard InChI is InChI=1S/C11H6F3N3O4S/c1-21-9(18)8(11(12,13)14)16-10-15-6-3-2-5(17(19)20)4-7(6)22-10/h2-4H,1H3. The molecule has 1 aromatic carbocycles. The van der Waals surface area contributed by atoms with E-state index in [-0.39, 0.29) is 21.0 Å². The fraction of sp³-hybridized carbons (Fsp3) is 0.182. The number of thiazole rings is 1. The minimum Gasteiger partial charge on any atom is -0.464 e. The van der Waals surface area contributed by atoms with Crippen molar-refractivity contribution in [2.24, 2.45) is 4.99 Å². The number of esters is 1. The summed E-state index contributed by atoms with van der Waals surface area (Å²) in [5.41, 5.74) is -1.74. The van der Waals surface area contributed by atoms with Crippen LogP contribution in [0.25, 0.3) is 10.2 Å². The molecule has 0 fully saturated rings. The molecule has 1 heterocycles. The predicted molar refractivity (Wildman–Crippen MR) is 71.4 cm³/mol. The number of benzene rings is 1. The Hall–Kier alpha value is -2.56. The molecular weight excluding hydrogens is 327 g/mol. The van der Waals surface area contributed by atoms with Crippen molar-refractivity contribution < 1.29 is 27.6 Å². The number of hydrogen-bond acceptors (Lipinski definition) is 7. The SMILES string of the molecule is COC(=O)C(=Nc1nc2ccc([N+](=O)[O-])cc2s1)C(F)(F)F. The molecule has 0 N–H and O–H groups in total. The summed E-state index contributed by atoms with van der Waals surface area (Å²) in [6.07, 6.45) is -5.00. The second-order valence-corrected chi connectivity index (χ2v) is 4.86. The number of nitro benzene ring substituents is 1. The van der Waals surface area contributed by atoms with Gasteiger partial charge in [-0.2, -0.15) is 13.2 Å². The van der Waals surface area contributed by atoms with Crippen LogP contribution in [0.5, 0.6) is 0 Å². The first-order valence-electron chi connectivity index (χ1n) is 5.51. The molecule has 11 heteroatoms. The molecule has 0 saturated carbocycles. The Morgan fingerprint density at radius 3 is 2.68 bits per heavy atom. The number of fused-ring (bicyclic) bond motifs is 1. The van der Waals surface area contributed by atoms with Gasteiger partial charge in [-0.05, 0) is 6.07 Å². The van der Waals surface area contributed by atoms with Crippen molar-refractivity contribution in [3.63, 3.8) is 0 Å². The minimum atomic E-state index is -5.00. The fourth-order valence-electron chi connectivity index (χ4n) is 1.48. The second-order valence-electron chi connectivity index (χ2n) is 3.86. The van der Waals surface area contributed by atoms with Crippen LogP contribution >= 0.6 is 11.3 Å². The van der Waals surface area contributed by atoms with Crippen molar-refractivity contribution in [3.05, 3.63) is 28.3 Å². The lowest BCUT2D eigenvalue weighted by molar-refractivity contribution is -0.384. The number of nitrogens with zero attached hydrogens (tertiary/aromatic N) is 3. The van der Waals surface area contributed by atoms with Gasteiger partial charge in [0.15, 0.2) is 0 Å². The second kappa shape index (κ2) is 5.67. The molecule has 0 spiro atoms. The molecule has 7 nitrogen and oxygen atoms in total. The highest BCUT2D eigenvalue weighted by Crippen LogP contribution is 2.32. The van der Waals surface area contributed by atoms with E-state index < -0.39 is 22.8 Å². The number of hydrogen-bond donors (Lipinski definition) is 0. The van der Waals surface area contributed by atoms with Crippen molar-refractivity contribution in [1.29, 1.82) is 0 Å².